The molecule has 2 aromatic carbocycles. The number of rotatable bonds is 4. The number of para-hydroxylation sites is 1. The first-order chi connectivity index (χ1) is 18.1. The topological polar surface area (TPSA) is 120 Å². The van der Waals surface area contributed by atoms with Crippen molar-refractivity contribution in [1.29, 1.82) is 0 Å². The van der Waals surface area contributed by atoms with Crippen molar-refractivity contribution in [2.45, 2.75) is 39.3 Å². The van der Waals surface area contributed by atoms with Gasteiger partial charge >= 0.3 is 0 Å². The zero-order valence-corrected chi connectivity index (χ0v) is 21.6. The summed E-state index contributed by atoms with van der Waals surface area (Å²) >= 11 is 0. The van der Waals surface area contributed by atoms with E-state index in [-0.39, 0.29) is 11.5 Å². The molecule has 0 aliphatic heterocycles. The van der Waals surface area contributed by atoms with Crippen LogP contribution in [-0.2, 0) is 0 Å². The van der Waals surface area contributed by atoms with Crippen molar-refractivity contribution in [3.8, 4) is 17.5 Å². The van der Waals surface area contributed by atoms with Crippen molar-refractivity contribution in [3.05, 3.63) is 100.0 Å². The molecule has 0 aliphatic carbocycles. The molecule has 3 heterocycles. The molecule has 3 N–H and O–H groups in total. The Morgan fingerprint density at radius 3 is 2.61 bits per heavy atom. The first kappa shape index (κ1) is 24.9. The third-order valence-electron chi connectivity index (χ3n) is 5.99. The predicted octanol–water partition coefficient (Wildman–Crippen LogP) is 3.32. The van der Waals surface area contributed by atoms with Gasteiger partial charge in [-0.3, -0.25) is 14.2 Å². The van der Waals surface area contributed by atoms with Crippen molar-refractivity contribution < 1.29 is 4.79 Å². The average Bonchev–Trinajstić information content (AvgIpc) is 3.23. The molecule has 0 aliphatic rings. The molecule has 0 fully saturated rings. The van der Waals surface area contributed by atoms with Crippen LogP contribution >= 0.6 is 0 Å². The van der Waals surface area contributed by atoms with Crippen LogP contribution in [0.5, 0.6) is 0 Å². The Kier molecular flexibility index (Phi) is 6.27. The Bertz CT molecular complexity index is 1800. The van der Waals surface area contributed by atoms with Crippen molar-refractivity contribution in [2.75, 3.05) is 0 Å². The zero-order chi connectivity index (χ0) is 27.0. The summed E-state index contributed by atoms with van der Waals surface area (Å²) in [6, 6.07) is 15.7. The molecule has 9 nitrogen and oxygen atoms in total. The third kappa shape index (κ3) is 4.65. The fourth-order valence-corrected chi connectivity index (χ4v) is 4.29. The Labute approximate surface area is 219 Å². The second-order valence-corrected chi connectivity index (χ2v) is 9.66. The lowest BCUT2D eigenvalue weighted by Crippen LogP contribution is -2.33. The Balaban J connectivity index is 1.66. The summed E-state index contributed by atoms with van der Waals surface area (Å²) in [7, 11) is 0. The fourth-order valence-electron chi connectivity index (χ4n) is 4.29. The van der Waals surface area contributed by atoms with Crippen molar-refractivity contribution in [1.82, 2.24) is 29.5 Å². The van der Waals surface area contributed by atoms with Crippen molar-refractivity contribution in [3.63, 3.8) is 0 Å². The van der Waals surface area contributed by atoms with E-state index in [1.807, 2.05) is 30.3 Å². The van der Waals surface area contributed by atoms with Crippen LogP contribution in [0.3, 0.4) is 0 Å². The molecule has 1 amide bonds. The van der Waals surface area contributed by atoms with Gasteiger partial charge in [-0.05, 0) is 58.0 Å². The van der Waals surface area contributed by atoms with E-state index in [0.29, 0.717) is 44.9 Å². The van der Waals surface area contributed by atoms with Crippen LogP contribution in [0.25, 0.3) is 22.2 Å². The number of nitrogens with one attached hydrogen (secondary N) is 1. The molecule has 0 saturated heterocycles. The molecular formula is C29H27N7O2. The van der Waals surface area contributed by atoms with Gasteiger partial charge in [0.2, 0.25) is 0 Å². The van der Waals surface area contributed by atoms with Crippen LogP contribution in [0.2, 0.25) is 0 Å². The molecule has 0 radical (unpaired) electrons. The minimum atomic E-state index is -0.724. The second kappa shape index (κ2) is 9.57. The summed E-state index contributed by atoms with van der Waals surface area (Å²) in [5.41, 5.74) is 8.06. The maximum absolute atomic E-state index is 14.0. The SMILES string of the molecule is Cc1nn2cccnc2c1C(=O)N[C@H](C)c1nc2cccc(C#CC(C)(C)N)c2c(=O)n1-c1ccccc1. The summed E-state index contributed by atoms with van der Waals surface area (Å²) in [5, 5.41) is 7.76. The number of nitrogens with zero attached hydrogens (tertiary/aromatic N) is 5. The lowest BCUT2D eigenvalue weighted by atomic mass is 10.1. The quantitative estimate of drug-likeness (QED) is 0.362. The van der Waals surface area contributed by atoms with Crippen LogP contribution in [0.4, 0.5) is 0 Å². The average molecular weight is 506 g/mol. The summed E-state index contributed by atoms with van der Waals surface area (Å²) in [4.78, 5) is 36.6. The van der Waals surface area contributed by atoms with E-state index in [9.17, 15) is 9.59 Å². The molecule has 9 heteroatoms. The number of amides is 1. The maximum Gasteiger partial charge on any atom is 0.267 e. The Hall–Kier alpha value is -4.81. The number of nitrogens with two attached hydrogens (primary N) is 1. The van der Waals surface area contributed by atoms with Gasteiger partial charge in [-0.1, -0.05) is 36.1 Å². The largest absolute Gasteiger partial charge is 0.342 e. The molecule has 0 saturated carbocycles. The minimum Gasteiger partial charge on any atom is -0.342 e. The number of fused-ring (bicyclic) bond motifs is 2. The van der Waals surface area contributed by atoms with Gasteiger partial charge in [0, 0.05) is 18.0 Å². The van der Waals surface area contributed by atoms with E-state index in [4.69, 9.17) is 10.7 Å². The molecule has 0 unspecified atom stereocenters. The van der Waals surface area contributed by atoms with Crippen LogP contribution < -0.4 is 16.6 Å². The van der Waals surface area contributed by atoms with Gasteiger partial charge in [0.25, 0.3) is 11.5 Å². The summed E-state index contributed by atoms with van der Waals surface area (Å²) in [6.07, 6.45) is 3.35. The number of benzene rings is 2. The van der Waals surface area contributed by atoms with Gasteiger partial charge in [0.15, 0.2) is 5.65 Å². The van der Waals surface area contributed by atoms with Gasteiger partial charge in [0.1, 0.15) is 11.4 Å². The number of aryl methyl sites for hydroxylation is 1. The van der Waals surface area contributed by atoms with Crippen molar-refractivity contribution >= 4 is 22.5 Å². The van der Waals surface area contributed by atoms with E-state index < -0.39 is 11.6 Å². The van der Waals surface area contributed by atoms with Gasteiger partial charge in [0.05, 0.1) is 33.9 Å². The first-order valence-electron chi connectivity index (χ1n) is 12.2. The standard InChI is InChI=1S/C29H27N7O2/c1-18-23(26-31-16-9-17-35(26)34-18)27(37)32-19(2)25-33-22-13-8-10-20(14-15-29(3,4)30)24(22)28(38)36(25)21-11-6-5-7-12-21/h5-13,16-17,19H,30H2,1-4H3,(H,32,37)/t19-/m1/s1. The molecule has 0 bridgehead atoms. The Morgan fingerprint density at radius 1 is 1.11 bits per heavy atom. The number of carbonyl (C=O) groups is 1. The highest BCUT2D eigenvalue weighted by Crippen LogP contribution is 2.21. The molecule has 190 valence electrons. The highest BCUT2D eigenvalue weighted by Gasteiger charge is 2.24. The monoisotopic (exact) mass is 505 g/mol. The first-order valence-corrected chi connectivity index (χ1v) is 12.2. The lowest BCUT2D eigenvalue weighted by Gasteiger charge is -2.20. The minimum absolute atomic E-state index is 0.286. The van der Waals surface area contributed by atoms with Crippen LogP contribution in [0.15, 0.2) is 71.8 Å². The molecule has 1 atom stereocenters. The smallest absolute Gasteiger partial charge is 0.267 e. The molecule has 38 heavy (non-hydrogen) atoms. The number of carbonyl (C=O) groups excluding carboxylic acids is 1. The van der Waals surface area contributed by atoms with E-state index in [1.165, 1.54) is 4.57 Å². The van der Waals surface area contributed by atoms with E-state index in [0.717, 1.165) is 0 Å². The van der Waals surface area contributed by atoms with Crippen LogP contribution in [-0.4, -0.2) is 35.6 Å². The van der Waals surface area contributed by atoms with E-state index >= 15 is 0 Å². The van der Waals surface area contributed by atoms with Gasteiger partial charge in [-0.15, -0.1) is 0 Å². The van der Waals surface area contributed by atoms with Crippen molar-refractivity contribution in [2.24, 2.45) is 5.73 Å². The van der Waals surface area contributed by atoms with Gasteiger partial charge < -0.3 is 11.1 Å². The highest BCUT2D eigenvalue weighted by molar-refractivity contribution is 6.01. The zero-order valence-electron chi connectivity index (χ0n) is 21.6. The summed E-state index contributed by atoms with van der Waals surface area (Å²) in [5.74, 6) is 6.08. The third-order valence-corrected chi connectivity index (χ3v) is 5.99. The normalized spacial score (nSPS) is 12.2. The second-order valence-electron chi connectivity index (χ2n) is 9.66. The molecular weight excluding hydrogens is 478 g/mol. The number of aromatic nitrogens is 5. The lowest BCUT2D eigenvalue weighted by molar-refractivity contribution is 0.0938. The Morgan fingerprint density at radius 2 is 1.87 bits per heavy atom. The summed E-state index contributed by atoms with van der Waals surface area (Å²) in [6.45, 7) is 7.15. The van der Waals surface area contributed by atoms with E-state index in [2.05, 4.69) is 27.2 Å². The molecule has 0 spiro atoms. The number of hydrogen-bond donors (Lipinski definition) is 2. The molecule has 5 aromatic rings. The van der Waals surface area contributed by atoms with Crippen LogP contribution in [0, 0.1) is 18.8 Å². The molecule has 5 rings (SSSR count). The molecule has 3 aromatic heterocycles. The number of hydrogen-bond acceptors (Lipinski definition) is 6. The van der Waals surface area contributed by atoms with Gasteiger partial charge in [-0.2, -0.15) is 5.10 Å². The maximum atomic E-state index is 14.0. The van der Waals surface area contributed by atoms with E-state index in [1.54, 1.807) is 68.9 Å². The highest BCUT2D eigenvalue weighted by atomic mass is 16.2. The predicted molar refractivity (Wildman–Crippen MR) is 146 cm³/mol. The fraction of sp³-hybridized carbons (Fsp3) is 0.207. The summed E-state index contributed by atoms with van der Waals surface area (Å²) < 4.78 is 3.08. The van der Waals surface area contributed by atoms with Gasteiger partial charge in [-0.25, -0.2) is 14.5 Å². The van der Waals surface area contributed by atoms with Crippen LogP contribution in [0.1, 0.15) is 54.3 Å².